The number of nitrogens with zero attached hydrogens (tertiary/aromatic N) is 2. The lowest BCUT2D eigenvalue weighted by Crippen LogP contribution is -2.67. The molecular weight excluding hydrogens is 356 g/mol. The van der Waals surface area contributed by atoms with E-state index in [9.17, 15) is 0 Å². The Morgan fingerprint density at radius 3 is 2.48 bits per heavy atom. The Kier molecular flexibility index (Phi) is 7.76. The Morgan fingerprint density at radius 1 is 1.17 bits per heavy atom. The molecule has 3 heteroatoms. The van der Waals surface area contributed by atoms with Crippen LogP contribution >= 0.6 is 0 Å². The zero-order chi connectivity index (χ0) is 21.1. The minimum atomic E-state index is 0.328. The minimum Gasteiger partial charge on any atom is -0.499 e. The minimum absolute atomic E-state index is 0.328. The predicted octanol–water partition coefficient (Wildman–Crippen LogP) is 5.96. The Hall–Kier alpha value is -0.540. The lowest BCUT2D eigenvalue weighted by Gasteiger charge is -2.63. The van der Waals surface area contributed by atoms with E-state index >= 15 is 0 Å². The van der Waals surface area contributed by atoms with E-state index in [1.165, 1.54) is 71.1 Å². The molecule has 1 aliphatic carbocycles. The van der Waals surface area contributed by atoms with Gasteiger partial charge >= 0.3 is 0 Å². The highest BCUT2D eigenvalue weighted by Gasteiger charge is 2.54. The molecule has 3 nitrogen and oxygen atoms in total. The summed E-state index contributed by atoms with van der Waals surface area (Å²) in [6.45, 7) is 19.9. The van der Waals surface area contributed by atoms with Crippen molar-refractivity contribution in [3.05, 3.63) is 12.3 Å². The number of hydrogen-bond donors (Lipinski definition) is 0. The summed E-state index contributed by atoms with van der Waals surface area (Å²) in [4.78, 5) is 5.15. The van der Waals surface area contributed by atoms with Crippen LogP contribution in [0.15, 0.2) is 12.3 Å². The van der Waals surface area contributed by atoms with Gasteiger partial charge in [0, 0.05) is 38.1 Å². The van der Waals surface area contributed by atoms with E-state index in [0.717, 1.165) is 37.0 Å². The van der Waals surface area contributed by atoms with E-state index in [0.29, 0.717) is 16.9 Å². The van der Waals surface area contributed by atoms with E-state index in [1.54, 1.807) is 0 Å². The second-order valence-corrected chi connectivity index (χ2v) is 11.7. The molecule has 0 N–H and O–H groups in total. The van der Waals surface area contributed by atoms with Crippen molar-refractivity contribution in [1.29, 1.82) is 0 Å². The Bertz CT molecular complexity index is 523. The van der Waals surface area contributed by atoms with Crippen LogP contribution in [-0.4, -0.2) is 55.2 Å². The number of ether oxygens (including phenoxy) is 1. The summed E-state index contributed by atoms with van der Waals surface area (Å²) in [5.41, 5.74) is 1.03. The van der Waals surface area contributed by atoms with Gasteiger partial charge < -0.3 is 9.64 Å². The van der Waals surface area contributed by atoms with Crippen LogP contribution in [-0.2, 0) is 4.74 Å². The van der Waals surface area contributed by atoms with Gasteiger partial charge in [0.25, 0.3) is 0 Å². The van der Waals surface area contributed by atoms with Gasteiger partial charge in [-0.3, -0.25) is 4.90 Å². The van der Waals surface area contributed by atoms with Gasteiger partial charge in [-0.2, -0.15) is 0 Å². The molecule has 0 radical (unpaired) electrons. The molecule has 0 amide bonds. The maximum absolute atomic E-state index is 5.96. The molecule has 2 aliphatic heterocycles. The van der Waals surface area contributed by atoms with Crippen LogP contribution in [0.2, 0.25) is 0 Å². The molecule has 1 unspecified atom stereocenters. The summed E-state index contributed by atoms with van der Waals surface area (Å²) in [5.74, 6) is 3.67. The molecule has 29 heavy (non-hydrogen) atoms. The normalized spacial score (nSPS) is 24.0. The summed E-state index contributed by atoms with van der Waals surface area (Å²) in [7, 11) is 2.21. The van der Waals surface area contributed by atoms with Gasteiger partial charge in [-0.05, 0) is 82.6 Å². The van der Waals surface area contributed by atoms with Gasteiger partial charge in [0.2, 0.25) is 0 Å². The van der Waals surface area contributed by atoms with Gasteiger partial charge in [-0.15, -0.1) is 0 Å². The molecule has 168 valence electrons. The highest BCUT2D eigenvalue weighted by molar-refractivity contribution is 5.07. The molecule has 2 heterocycles. The molecule has 0 aromatic carbocycles. The van der Waals surface area contributed by atoms with Crippen molar-refractivity contribution in [1.82, 2.24) is 9.80 Å². The molecule has 1 spiro atoms. The van der Waals surface area contributed by atoms with Crippen LogP contribution in [0.3, 0.4) is 0 Å². The topological polar surface area (TPSA) is 15.7 Å². The maximum atomic E-state index is 5.96. The summed E-state index contributed by atoms with van der Waals surface area (Å²) < 4.78 is 5.96. The molecule has 3 aliphatic rings. The average molecular weight is 405 g/mol. The highest BCUT2D eigenvalue weighted by atomic mass is 16.5. The van der Waals surface area contributed by atoms with Crippen LogP contribution < -0.4 is 0 Å². The van der Waals surface area contributed by atoms with Gasteiger partial charge in [0.1, 0.15) is 0 Å². The van der Waals surface area contributed by atoms with Crippen molar-refractivity contribution in [3.8, 4) is 0 Å². The van der Waals surface area contributed by atoms with Crippen LogP contribution in [0.25, 0.3) is 0 Å². The van der Waals surface area contributed by atoms with Crippen LogP contribution in [0.5, 0.6) is 0 Å². The first-order valence-electron chi connectivity index (χ1n) is 12.5. The zero-order valence-electron chi connectivity index (χ0n) is 20.1. The quantitative estimate of drug-likeness (QED) is 0.278. The summed E-state index contributed by atoms with van der Waals surface area (Å²) >= 11 is 0. The van der Waals surface area contributed by atoms with E-state index in [2.05, 4.69) is 51.1 Å². The molecule has 1 saturated carbocycles. The molecule has 1 atom stereocenters. The smallest absolute Gasteiger partial charge is 0.0888 e. The number of allylic oxidation sites excluding steroid dienone is 1. The largest absolute Gasteiger partial charge is 0.499 e. The number of rotatable bonds is 13. The summed E-state index contributed by atoms with van der Waals surface area (Å²) in [6.07, 6.45) is 11.7. The fraction of sp³-hybridized carbons (Fsp3) is 0.923. The van der Waals surface area contributed by atoms with Gasteiger partial charge in [-0.1, -0.05) is 33.3 Å². The van der Waals surface area contributed by atoms with Crippen molar-refractivity contribution in [2.45, 2.75) is 91.0 Å². The van der Waals surface area contributed by atoms with E-state index < -0.39 is 0 Å². The van der Waals surface area contributed by atoms with Crippen molar-refractivity contribution in [2.24, 2.45) is 23.2 Å². The standard InChI is InChI=1S/C26H48N2O/c1-7-23-15-26(16-23)19-28(20-26)25(4,5)14-21(2)12-13-29-22(3)10-8-9-11-24-17-27(6)18-24/h21,23-24H,3,7-20H2,1-2,4-6H3. The second kappa shape index (κ2) is 9.73. The van der Waals surface area contributed by atoms with Gasteiger partial charge in [0.05, 0.1) is 12.4 Å². The molecular formula is C26H48N2O. The first-order valence-corrected chi connectivity index (χ1v) is 12.5. The Morgan fingerprint density at radius 2 is 1.86 bits per heavy atom. The third-order valence-corrected chi connectivity index (χ3v) is 8.15. The number of hydrogen-bond acceptors (Lipinski definition) is 3. The van der Waals surface area contributed by atoms with Crippen molar-refractivity contribution in [2.75, 3.05) is 39.8 Å². The Balaban J connectivity index is 1.21. The SMILES string of the molecule is C=C(CCCCC1CN(C)C1)OCCC(C)CC(C)(C)N1CC2(CC(CC)C2)C1. The fourth-order valence-electron chi connectivity index (χ4n) is 6.23. The molecule has 3 fully saturated rings. The zero-order valence-corrected chi connectivity index (χ0v) is 20.1. The fourth-order valence-corrected chi connectivity index (χ4v) is 6.23. The average Bonchev–Trinajstić information content (AvgIpc) is 2.53. The van der Waals surface area contributed by atoms with E-state index in [4.69, 9.17) is 4.74 Å². The lowest BCUT2D eigenvalue weighted by atomic mass is 9.56. The van der Waals surface area contributed by atoms with Crippen LogP contribution in [0.4, 0.5) is 0 Å². The molecule has 3 rings (SSSR count). The summed E-state index contributed by atoms with van der Waals surface area (Å²) in [6, 6.07) is 0. The van der Waals surface area contributed by atoms with Gasteiger partial charge in [0.15, 0.2) is 0 Å². The molecule has 0 bridgehead atoms. The van der Waals surface area contributed by atoms with Crippen molar-refractivity contribution in [3.63, 3.8) is 0 Å². The van der Waals surface area contributed by atoms with E-state index in [-0.39, 0.29) is 0 Å². The monoisotopic (exact) mass is 404 g/mol. The number of unbranched alkanes of at least 4 members (excludes halogenated alkanes) is 1. The van der Waals surface area contributed by atoms with E-state index in [1.807, 2.05) is 0 Å². The third kappa shape index (κ3) is 6.23. The maximum Gasteiger partial charge on any atom is 0.0888 e. The molecule has 0 aromatic rings. The third-order valence-electron chi connectivity index (χ3n) is 8.15. The van der Waals surface area contributed by atoms with Crippen molar-refractivity contribution >= 4 is 0 Å². The van der Waals surface area contributed by atoms with Crippen LogP contribution in [0.1, 0.15) is 85.5 Å². The first kappa shape index (κ1) is 23.1. The van der Waals surface area contributed by atoms with Gasteiger partial charge in [-0.25, -0.2) is 0 Å². The lowest BCUT2D eigenvalue weighted by molar-refractivity contribution is -0.139. The second-order valence-electron chi connectivity index (χ2n) is 11.7. The molecule has 2 saturated heterocycles. The van der Waals surface area contributed by atoms with Crippen LogP contribution in [0, 0.1) is 23.2 Å². The number of likely N-dealkylation sites (tertiary alicyclic amines) is 2. The van der Waals surface area contributed by atoms with Crippen molar-refractivity contribution < 1.29 is 4.74 Å². The highest BCUT2D eigenvalue weighted by Crippen LogP contribution is 2.54. The molecule has 0 aromatic heterocycles. The Labute approximate surface area is 181 Å². The summed E-state index contributed by atoms with van der Waals surface area (Å²) in [5, 5.41) is 0. The predicted molar refractivity (Wildman–Crippen MR) is 124 cm³/mol. The first-order chi connectivity index (χ1) is 13.7.